The average Bonchev–Trinajstić information content (AvgIpc) is 3.13. The van der Waals surface area contributed by atoms with Crippen LogP contribution in [0, 0.1) is 17.3 Å². The molecule has 2 rings (SSSR count). The van der Waals surface area contributed by atoms with Gasteiger partial charge in [0.2, 0.25) is 0 Å². The zero-order valence-corrected chi connectivity index (χ0v) is 12.2. The maximum absolute atomic E-state index is 9.63. The van der Waals surface area contributed by atoms with Gasteiger partial charge in [-0.1, -0.05) is 20.8 Å². The van der Waals surface area contributed by atoms with Crippen molar-refractivity contribution < 1.29 is 5.11 Å². The molecular formula is C15H30N2O. The first-order valence-electron chi connectivity index (χ1n) is 7.54. The van der Waals surface area contributed by atoms with Crippen molar-refractivity contribution in [2.45, 2.75) is 58.5 Å². The van der Waals surface area contributed by atoms with Crippen LogP contribution >= 0.6 is 0 Å². The van der Waals surface area contributed by atoms with Crippen molar-refractivity contribution in [2.75, 3.05) is 19.7 Å². The van der Waals surface area contributed by atoms with Crippen LogP contribution in [0.15, 0.2) is 0 Å². The molecule has 0 spiro atoms. The normalized spacial score (nSPS) is 27.2. The Morgan fingerprint density at radius 2 is 1.72 bits per heavy atom. The second-order valence-corrected chi connectivity index (χ2v) is 7.34. The summed E-state index contributed by atoms with van der Waals surface area (Å²) < 4.78 is 0. The van der Waals surface area contributed by atoms with E-state index in [-0.39, 0.29) is 18.7 Å². The number of aliphatic hydroxyl groups excluding tert-OH is 1. The Hall–Kier alpha value is -0.120. The number of rotatable bonds is 4. The van der Waals surface area contributed by atoms with Crippen molar-refractivity contribution in [2.24, 2.45) is 23.0 Å². The molecule has 0 aromatic heterocycles. The molecule has 1 saturated carbocycles. The highest BCUT2D eigenvalue weighted by atomic mass is 16.3. The fraction of sp³-hybridized carbons (Fsp3) is 1.00. The Morgan fingerprint density at radius 3 is 2.11 bits per heavy atom. The molecule has 106 valence electrons. The number of hydrogen-bond donors (Lipinski definition) is 2. The third-order valence-corrected chi connectivity index (χ3v) is 5.02. The van der Waals surface area contributed by atoms with E-state index in [0.717, 1.165) is 19.0 Å². The first-order valence-corrected chi connectivity index (χ1v) is 7.54. The van der Waals surface area contributed by atoms with E-state index >= 15 is 0 Å². The Balaban J connectivity index is 1.87. The van der Waals surface area contributed by atoms with Crippen molar-refractivity contribution >= 4 is 0 Å². The number of aliphatic hydroxyl groups is 1. The summed E-state index contributed by atoms with van der Waals surface area (Å²) in [5.41, 5.74) is 6.70. The Bertz CT molecular complexity index is 262. The molecule has 2 aliphatic rings. The largest absolute Gasteiger partial charge is 0.395 e. The average molecular weight is 254 g/mol. The predicted octanol–water partition coefficient (Wildman–Crippen LogP) is 1.84. The lowest BCUT2D eigenvalue weighted by molar-refractivity contribution is 0.0433. The second-order valence-electron chi connectivity index (χ2n) is 7.34. The molecule has 0 amide bonds. The maximum Gasteiger partial charge on any atom is 0.0602 e. The zero-order chi connectivity index (χ0) is 13.3. The fourth-order valence-corrected chi connectivity index (χ4v) is 3.37. The second kappa shape index (κ2) is 5.48. The van der Waals surface area contributed by atoms with Gasteiger partial charge >= 0.3 is 0 Å². The summed E-state index contributed by atoms with van der Waals surface area (Å²) in [6.45, 7) is 9.45. The monoisotopic (exact) mass is 254 g/mol. The van der Waals surface area contributed by atoms with Crippen LogP contribution in [-0.4, -0.2) is 41.8 Å². The highest BCUT2D eigenvalue weighted by molar-refractivity contribution is 4.94. The number of nitrogens with two attached hydrogens (primary N) is 1. The van der Waals surface area contributed by atoms with Gasteiger partial charge in [-0.2, -0.15) is 0 Å². The molecule has 0 bridgehead atoms. The van der Waals surface area contributed by atoms with E-state index in [1.54, 1.807) is 0 Å². The van der Waals surface area contributed by atoms with Crippen molar-refractivity contribution in [3.05, 3.63) is 0 Å². The Labute approximate surface area is 112 Å². The molecule has 3 N–H and O–H groups in total. The van der Waals surface area contributed by atoms with Crippen LogP contribution in [0.4, 0.5) is 0 Å². The van der Waals surface area contributed by atoms with Gasteiger partial charge in [0.05, 0.1) is 6.61 Å². The van der Waals surface area contributed by atoms with Gasteiger partial charge < -0.3 is 10.8 Å². The highest BCUT2D eigenvalue weighted by Crippen LogP contribution is 2.37. The summed E-state index contributed by atoms with van der Waals surface area (Å²) in [5, 5.41) is 9.63. The molecule has 1 aliphatic heterocycles. The number of piperidine rings is 1. The van der Waals surface area contributed by atoms with Crippen LogP contribution < -0.4 is 5.73 Å². The van der Waals surface area contributed by atoms with Crippen LogP contribution in [-0.2, 0) is 0 Å². The van der Waals surface area contributed by atoms with Crippen molar-refractivity contribution in [3.8, 4) is 0 Å². The molecule has 3 heteroatoms. The molecule has 1 saturated heterocycles. The quantitative estimate of drug-likeness (QED) is 0.805. The zero-order valence-electron chi connectivity index (χ0n) is 12.2. The van der Waals surface area contributed by atoms with Crippen LogP contribution in [0.1, 0.15) is 46.5 Å². The first-order chi connectivity index (χ1) is 8.43. The van der Waals surface area contributed by atoms with Gasteiger partial charge in [-0.05, 0) is 56.0 Å². The Morgan fingerprint density at radius 1 is 1.17 bits per heavy atom. The fourth-order valence-electron chi connectivity index (χ4n) is 3.37. The van der Waals surface area contributed by atoms with Crippen LogP contribution in [0.2, 0.25) is 0 Å². The van der Waals surface area contributed by atoms with E-state index in [0.29, 0.717) is 11.3 Å². The SMILES string of the molecule is CC(C)(C)C1CCN(C(CO)C(N)C2CC2)CC1. The van der Waals surface area contributed by atoms with Crippen LogP contribution in [0.5, 0.6) is 0 Å². The lowest BCUT2D eigenvalue weighted by Crippen LogP contribution is -2.54. The van der Waals surface area contributed by atoms with Gasteiger partial charge in [0.25, 0.3) is 0 Å². The van der Waals surface area contributed by atoms with E-state index in [9.17, 15) is 5.11 Å². The molecule has 1 heterocycles. The maximum atomic E-state index is 9.63. The van der Waals surface area contributed by atoms with Crippen molar-refractivity contribution in [1.82, 2.24) is 4.90 Å². The standard InChI is InChI=1S/C15H30N2O/c1-15(2,3)12-6-8-17(9-7-12)13(10-18)14(16)11-4-5-11/h11-14,18H,4-10,16H2,1-3H3. The minimum absolute atomic E-state index is 0.182. The summed E-state index contributed by atoms with van der Waals surface area (Å²) in [6.07, 6.45) is 5.01. The predicted molar refractivity (Wildman–Crippen MR) is 75.3 cm³/mol. The van der Waals surface area contributed by atoms with Crippen molar-refractivity contribution in [1.29, 1.82) is 0 Å². The third kappa shape index (κ3) is 3.25. The summed E-state index contributed by atoms with van der Waals surface area (Å²) >= 11 is 0. The number of hydrogen-bond acceptors (Lipinski definition) is 3. The number of likely N-dealkylation sites (tertiary alicyclic amines) is 1. The highest BCUT2D eigenvalue weighted by Gasteiger charge is 2.38. The van der Waals surface area contributed by atoms with Gasteiger partial charge in [0.1, 0.15) is 0 Å². The van der Waals surface area contributed by atoms with Gasteiger partial charge in [-0.25, -0.2) is 0 Å². The Kier molecular flexibility index (Phi) is 4.35. The van der Waals surface area contributed by atoms with Gasteiger partial charge in [0, 0.05) is 12.1 Å². The molecule has 3 nitrogen and oxygen atoms in total. The lowest BCUT2D eigenvalue weighted by atomic mass is 9.75. The molecule has 0 aromatic rings. The third-order valence-electron chi connectivity index (χ3n) is 5.02. The van der Waals surface area contributed by atoms with E-state index in [1.807, 2.05) is 0 Å². The molecular weight excluding hydrogens is 224 g/mol. The molecule has 0 aromatic carbocycles. The molecule has 18 heavy (non-hydrogen) atoms. The summed E-state index contributed by atoms with van der Waals surface area (Å²) in [7, 11) is 0. The summed E-state index contributed by atoms with van der Waals surface area (Å²) in [4.78, 5) is 2.44. The molecule has 2 atom stereocenters. The minimum Gasteiger partial charge on any atom is -0.395 e. The van der Waals surface area contributed by atoms with Crippen LogP contribution in [0.25, 0.3) is 0 Å². The minimum atomic E-state index is 0.182. The van der Waals surface area contributed by atoms with Gasteiger partial charge in [-0.15, -0.1) is 0 Å². The molecule has 0 radical (unpaired) electrons. The van der Waals surface area contributed by atoms with E-state index in [4.69, 9.17) is 5.73 Å². The topological polar surface area (TPSA) is 49.5 Å². The van der Waals surface area contributed by atoms with E-state index in [1.165, 1.54) is 25.7 Å². The van der Waals surface area contributed by atoms with E-state index < -0.39 is 0 Å². The smallest absolute Gasteiger partial charge is 0.0602 e. The summed E-state index contributed by atoms with van der Waals surface area (Å²) in [5.74, 6) is 1.48. The van der Waals surface area contributed by atoms with Crippen LogP contribution in [0.3, 0.4) is 0 Å². The van der Waals surface area contributed by atoms with Gasteiger partial charge in [-0.3, -0.25) is 4.90 Å². The van der Waals surface area contributed by atoms with Gasteiger partial charge in [0.15, 0.2) is 0 Å². The first kappa shape index (κ1) is 14.3. The molecule has 1 aliphatic carbocycles. The molecule has 2 unspecified atom stereocenters. The molecule has 2 fully saturated rings. The lowest BCUT2D eigenvalue weighted by Gasteiger charge is -2.43. The van der Waals surface area contributed by atoms with E-state index in [2.05, 4.69) is 25.7 Å². The number of nitrogens with zero attached hydrogens (tertiary/aromatic N) is 1. The van der Waals surface area contributed by atoms with Crippen molar-refractivity contribution in [3.63, 3.8) is 0 Å². The summed E-state index contributed by atoms with van der Waals surface area (Å²) in [6, 6.07) is 0.375.